The van der Waals surface area contributed by atoms with Gasteiger partial charge in [0.25, 0.3) is 5.91 Å². The Balaban J connectivity index is 1.84. The lowest BCUT2D eigenvalue weighted by Gasteiger charge is -2.07. The van der Waals surface area contributed by atoms with Crippen molar-refractivity contribution in [3.63, 3.8) is 0 Å². The molecule has 0 aliphatic rings. The number of nitrogens with zero attached hydrogens (tertiary/aromatic N) is 1. The maximum Gasteiger partial charge on any atom is 0.259 e. The number of aromatic nitrogens is 2. The average molecular weight is 307 g/mol. The number of carbonyl (C=O) groups is 1. The van der Waals surface area contributed by atoms with Crippen LogP contribution in [0.25, 0.3) is 11.3 Å². The van der Waals surface area contributed by atoms with Gasteiger partial charge < -0.3 is 10.1 Å². The van der Waals surface area contributed by atoms with Crippen molar-refractivity contribution in [1.29, 1.82) is 0 Å². The fraction of sp³-hybridized carbons (Fsp3) is 0.111. The van der Waals surface area contributed by atoms with Gasteiger partial charge in [-0.25, -0.2) is 0 Å². The number of carbonyl (C=O) groups excluding carboxylic acids is 1. The number of amides is 1. The highest BCUT2D eigenvalue weighted by atomic mass is 16.5. The predicted octanol–water partition coefficient (Wildman–Crippen LogP) is 3.65. The zero-order valence-corrected chi connectivity index (χ0v) is 13.0. The number of aryl methyl sites for hydroxylation is 1. The summed E-state index contributed by atoms with van der Waals surface area (Å²) in [5.41, 5.74) is 3.94. The molecule has 0 saturated heterocycles. The Kier molecular flexibility index (Phi) is 4.10. The molecule has 3 aromatic rings. The summed E-state index contributed by atoms with van der Waals surface area (Å²) < 4.78 is 5.15. The molecule has 1 aromatic heterocycles. The van der Waals surface area contributed by atoms with Gasteiger partial charge in [-0.05, 0) is 43.3 Å². The molecule has 3 rings (SSSR count). The van der Waals surface area contributed by atoms with Gasteiger partial charge in [0.1, 0.15) is 5.75 Å². The Labute approximate surface area is 134 Å². The standard InChI is InChI=1S/C18H17N3O2/c1-12-3-7-14(8-4-12)20-18(22)16-11-19-21-17(16)13-5-9-15(23-2)10-6-13/h3-11H,1-2H3,(H,19,21)(H,20,22). The molecule has 0 fully saturated rings. The van der Waals surface area contributed by atoms with E-state index in [2.05, 4.69) is 15.5 Å². The molecule has 0 unspecified atom stereocenters. The van der Waals surface area contributed by atoms with E-state index in [1.807, 2.05) is 55.5 Å². The smallest absolute Gasteiger partial charge is 0.259 e. The summed E-state index contributed by atoms with van der Waals surface area (Å²) in [4.78, 5) is 12.5. The molecule has 2 N–H and O–H groups in total. The number of benzene rings is 2. The van der Waals surface area contributed by atoms with Crippen molar-refractivity contribution in [3.8, 4) is 17.0 Å². The Morgan fingerprint density at radius 3 is 2.43 bits per heavy atom. The summed E-state index contributed by atoms with van der Waals surface area (Å²) in [6, 6.07) is 15.1. The van der Waals surface area contributed by atoms with Crippen molar-refractivity contribution >= 4 is 11.6 Å². The van der Waals surface area contributed by atoms with E-state index in [0.29, 0.717) is 11.3 Å². The highest BCUT2D eigenvalue weighted by Crippen LogP contribution is 2.24. The number of ether oxygens (including phenoxy) is 1. The third kappa shape index (κ3) is 3.23. The highest BCUT2D eigenvalue weighted by molar-refractivity contribution is 6.08. The van der Waals surface area contributed by atoms with E-state index < -0.39 is 0 Å². The molecule has 0 saturated carbocycles. The molecule has 0 atom stereocenters. The zero-order valence-electron chi connectivity index (χ0n) is 13.0. The number of methoxy groups -OCH3 is 1. The minimum Gasteiger partial charge on any atom is -0.497 e. The summed E-state index contributed by atoms with van der Waals surface area (Å²) in [7, 11) is 1.62. The monoisotopic (exact) mass is 307 g/mol. The Morgan fingerprint density at radius 1 is 1.09 bits per heavy atom. The van der Waals surface area contributed by atoms with E-state index in [0.717, 1.165) is 22.6 Å². The minimum absolute atomic E-state index is 0.201. The third-order valence-corrected chi connectivity index (χ3v) is 3.57. The molecule has 116 valence electrons. The van der Waals surface area contributed by atoms with Gasteiger partial charge in [0.15, 0.2) is 0 Å². The molecule has 0 radical (unpaired) electrons. The highest BCUT2D eigenvalue weighted by Gasteiger charge is 2.15. The lowest BCUT2D eigenvalue weighted by Crippen LogP contribution is -2.12. The largest absolute Gasteiger partial charge is 0.497 e. The van der Waals surface area contributed by atoms with E-state index in [1.54, 1.807) is 7.11 Å². The van der Waals surface area contributed by atoms with Crippen LogP contribution in [0.4, 0.5) is 5.69 Å². The van der Waals surface area contributed by atoms with Gasteiger partial charge in [-0.1, -0.05) is 17.7 Å². The van der Waals surface area contributed by atoms with Gasteiger partial charge in [0, 0.05) is 11.3 Å². The molecular weight excluding hydrogens is 290 g/mol. The number of nitrogens with one attached hydrogen (secondary N) is 2. The van der Waals surface area contributed by atoms with E-state index >= 15 is 0 Å². The summed E-state index contributed by atoms with van der Waals surface area (Å²) in [5, 5.41) is 9.77. The number of anilines is 1. The second-order valence-corrected chi connectivity index (χ2v) is 5.21. The lowest BCUT2D eigenvalue weighted by molar-refractivity contribution is 0.102. The Bertz CT molecular complexity index is 805. The first-order valence-electron chi connectivity index (χ1n) is 7.23. The van der Waals surface area contributed by atoms with Crippen molar-refractivity contribution in [3.05, 3.63) is 65.9 Å². The second kappa shape index (κ2) is 6.36. The van der Waals surface area contributed by atoms with Crippen LogP contribution in [-0.2, 0) is 0 Å². The summed E-state index contributed by atoms with van der Waals surface area (Å²) >= 11 is 0. The normalized spacial score (nSPS) is 10.3. The first-order valence-corrected chi connectivity index (χ1v) is 7.23. The van der Waals surface area contributed by atoms with E-state index in [4.69, 9.17) is 4.74 Å². The van der Waals surface area contributed by atoms with Crippen LogP contribution in [0.3, 0.4) is 0 Å². The number of H-pyrrole nitrogens is 1. The summed E-state index contributed by atoms with van der Waals surface area (Å²) in [6.07, 6.45) is 1.53. The zero-order chi connectivity index (χ0) is 16.2. The number of rotatable bonds is 4. The van der Waals surface area contributed by atoms with Crippen molar-refractivity contribution < 1.29 is 9.53 Å². The Morgan fingerprint density at radius 2 is 1.78 bits per heavy atom. The predicted molar refractivity (Wildman–Crippen MR) is 89.7 cm³/mol. The van der Waals surface area contributed by atoms with Crippen LogP contribution in [0.5, 0.6) is 5.75 Å². The molecule has 5 nitrogen and oxygen atoms in total. The second-order valence-electron chi connectivity index (χ2n) is 5.21. The maximum absolute atomic E-state index is 12.5. The molecule has 23 heavy (non-hydrogen) atoms. The van der Waals surface area contributed by atoms with Crippen LogP contribution in [0.1, 0.15) is 15.9 Å². The molecule has 2 aromatic carbocycles. The molecular formula is C18H17N3O2. The fourth-order valence-electron chi connectivity index (χ4n) is 2.27. The summed E-state index contributed by atoms with van der Waals surface area (Å²) in [5.74, 6) is 0.562. The topological polar surface area (TPSA) is 67.0 Å². The molecule has 0 bridgehead atoms. The quantitative estimate of drug-likeness (QED) is 0.773. The van der Waals surface area contributed by atoms with Gasteiger partial charge in [-0.15, -0.1) is 0 Å². The van der Waals surface area contributed by atoms with E-state index in [-0.39, 0.29) is 5.91 Å². The van der Waals surface area contributed by atoms with Crippen LogP contribution in [-0.4, -0.2) is 23.2 Å². The number of hydrogen-bond acceptors (Lipinski definition) is 3. The minimum atomic E-state index is -0.201. The molecule has 1 heterocycles. The van der Waals surface area contributed by atoms with Gasteiger partial charge in [0.05, 0.1) is 24.6 Å². The summed E-state index contributed by atoms with van der Waals surface area (Å²) in [6.45, 7) is 2.00. The Hall–Kier alpha value is -3.08. The van der Waals surface area contributed by atoms with Gasteiger partial charge in [0.2, 0.25) is 0 Å². The first-order chi connectivity index (χ1) is 11.2. The van der Waals surface area contributed by atoms with Crippen LogP contribution in [0, 0.1) is 6.92 Å². The molecule has 5 heteroatoms. The first kappa shape index (κ1) is 14.8. The maximum atomic E-state index is 12.5. The van der Waals surface area contributed by atoms with Crippen molar-refractivity contribution in [2.24, 2.45) is 0 Å². The van der Waals surface area contributed by atoms with Crippen LogP contribution in [0.2, 0.25) is 0 Å². The lowest BCUT2D eigenvalue weighted by atomic mass is 10.1. The van der Waals surface area contributed by atoms with Crippen LogP contribution < -0.4 is 10.1 Å². The van der Waals surface area contributed by atoms with Gasteiger partial charge >= 0.3 is 0 Å². The molecule has 0 aliphatic heterocycles. The molecule has 0 aliphatic carbocycles. The molecule has 0 spiro atoms. The fourth-order valence-corrected chi connectivity index (χ4v) is 2.27. The van der Waals surface area contributed by atoms with E-state index in [9.17, 15) is 4.79 Å². The van der Waals surface area contributed by atoms with Crippen LogP contribution in [0.15, 0.2) is 54.7 Å². The van der Waals surface area contributed by atoms with Crippen molar-refractivity contribution in [2.75, 3.05) is 12.4 Å². The van der Waals surface area contributed by atoms with Gasteiger partial charge in [-0.3, -0.25) is 9.89 Å². The average Bonchev–Trinajstić information content (AvgIpc) is 3.07. The molecule has 1 amide bonds. The van der Waals surface area contributed by atoms with Crippen LogP contribution >= 0.6 is 0 Å². The number of hydrogen-bond donors (Lipinski definition) is 2. The van der Waals surface area contributed by atoms with Crippen molar-refractivity contribution in [2.45, 2.75) is 6.92 Å². The van der Waals surface area contributed by atoms with Gasteiger partial charge in [-0.2, -0.15) is 5.10 Å². The third-order valence-electron chi connectivity index (χ3n) is 3.57. The van der Waals surface area contributed by atoms with Crippen molar-refractivity contribution in [1.82, 2.24) is 10.2 Å². The van der Waals surface area contributed by atoms with E-state index in [1.165, 1.54) is 6.20 Å². The number of aromatic amines is 1. The SMILES string of the molecule is COc1ccc(-c2[nH]ncc2C(=O)Nc2ccc(C)cc2)cc1.